The molecule has 1 aliphatic rings. The van der Waals surface area contributed by atoms with Crippen LogP contribution >= 0.6 is 0 Å². The Hall–Kier alpha value is -1.59. The van der Waals surface area contributed by atoms with Gasteiger partial charge in [-0.05, 0) is 37.5 Å². The second kappa shape index (κ2) is 4.21. The maximum Gasteiger partial charge on any atom is 0.419 e. The number of ether oxygens (including phenoxy) is 1. The smallest absolute Gasteiger partial charge is 0.408 e. The largest absolute Gasteiger partial charge is 0.419 e. The zero-order valence-electron chi connectivity index (χ0n) is 11.2. The second-order valence-electron chi connectivity index (χ2n) is 5.40. The van der Waals surface area contributed by atoms with Crippen LogP contribution in [0.1, 0.15) is 31.4 Å². The van der Waals surface area contributed by atoms with Crippen LogP contribution in [-0.2, 0) is 11.8 Å². The maximum absolute atomic E-state index is 11.5. The van der Waals surface area contributed by atoms with E-state index in [1.165, 1.54) is 4.57 Å². The standard InChI is InChI=1S/C14H18N2O3/c1-14(6-3-7-18-14)12(15)9-4-5-10-11(8-9)19-13(17)16(10)2/h4-5,8,12H,3,6-7,15H2,1-2H3. The molecule has 0 radical (unpaired) electrons. The normalized spacial score (nSPS) is 25.0. The van der Waals surface area contributed by atoms with Gasteiger partial charge in [0.05, 0.1) is 17.2 Å². The fourth-order valence-electron chi connectivity index (χ4n) is 2.74. The third-order valence-electron chi connectivity index (χ3n) is 4.08. The van der Waals surface area contributed by atoms with E-state index < -0.39 is 0 Å². The monoisotopic (exact) mass is 262 g/mol. The number of benzene rings is 1. The molecule has 0 spiro atoms. The summed E-state index contributed by atoms with van der Waals surface area (Å²) in [4.78, 5) is 11.5. The van der Waals surface area contributed by atoms with Crippen LogP contribution in [0.25, 0.3) is 11.1 Å². The predicted molar refractivity (Wildman–Crippen MR) is 72.0 cm³/mol. The van der Waals surface area contributed by atoms with Gasteiger partial charge in [0.2, 0.25) is 0 Å². The molecule has 0 aliphatic carbocycles. The van der Waals surface area contributed by atoms with Gasteiger partial charge in [-0.1, -0.05) is 6.07 Å². The third kappa shape index (κ3) is 1.89. The minimum absolute atomic E-state index is 0.218. The molecule has 102 valence electrons. The van der Waals surface area contributed by atoms with Gasteiger partial charge in [0.15, 0.2) is 5.58 Å². The van der Waals surface area contributed by atoms with Crippen molar-refractivity contribution in [3.05, 3.63) is 34.3 Å². The topological polar surface area (TPSA) is 70.4 Å². The number of aryl methyl sites for hydroxylation is 1. The predicted octanol–water partition coefficient (Wildman–Crippen LogP) is 1.70. The number of nitrogens with two attached hydrogens (primary N) is 1. The van der Waals surface area contributed by atoms with Gasteiger partial charge in [-0.15, -0.1) is 0 Å². The molecule has 3 rings (SSSR count). The van der Waals surface area contributed by atoms with Crippen LogP contribution in [0.2, 0.25) is 0 Å². The van der Waals surface area contributed by atoms with E-state index in [-0.39, 0.29) is 17.4 Å². The summed E-state index contributed by atoms with van der Waals surface area (Å²) in [6.45, 7) is 2.79. The molecule has 5 nitrogen and oxygen atoms in total. The summed E-state index contributed by atoms with van der Waals surface area (Å²) in [6, 6.07) is 5.43. The van der Waals surface area contributed by atoms with Crippen LogP contribution in [0.5, 0.6) is 0 Å². The first-order chi connectivity index (χ1) is 9.01. The van der Waals surface area contributed by atoms with E-state index >= 15 is 0 Å². The van der Waals surface area contributed by atoms with Crippen molar-refractivity contribution in [3.8, 4) is 0 Å². The number of rotatable bonds is 2. The number of oxazole rings is 1. The van der Waals surface area contributed by atoms with Gasteiger partial charge in [-0.3, -0.25) is 4.57 Å². The van der Waals surface area contributed by atoms with Gasteiger partial charge >= 0.3 is 5.76 Å². The molecule has 5 heteroatoms. The minimum atomic E-state index is -0.357. The van der Waals surface area contributed by atoms with Crippen LogP contribution in [0.3, 0.4) is 0 Å². The van der Waals surface area contributed by atoms with Gasteiger partial charge in [-0.25, -0.2) is 4.79 Å². The fraction of sp³-hybridized carbons (Fsp3) is 0.500. The zero-order chi connectivity index (χ0) is 13.6. The quantitative estimate of drug-likeness (QED) is 0.894. The molecule has 2 unspecified atom stereocenters. The van der Waals surface area contributed by atoms with E-state index in [0.717, 1.165) is 30.5 Å². The minimum Gasteiger partial charge on any atom is -0.408 e. The van der Waals surface area contributed by atoms with Crippen LogP contribution in [0.4, 0.5) is 0 Å². The summed E-state index contributed by atoms with van der Waals surface area (Å²) in [5.41, 5.74) is 8.27. The first kappa shape index (κ1) is 12.4. The molecule has 0 amide bonds. The highest BCUT2D eigenvalue weighted by Crippen LogP contribution is 2.36. The Morgan fingerprint density at radius 3 is 2.95 bits per heavy atom. The van der Waals surface area contributed by atoms with Crippen LogP contribution in [0, 0.1) is 0 Å². The average molecular weight is 262 g/mol. The van der Waals surface area contributed by atoms with E-state index in [4.69, 9.17) is 14.9 Å². The second-order valence-corrected chi connectivity index (χ2v) is 5.40. The lowest BCUT2D eigenvalue weighted by Crippen LogP contribution is -2.37. The van der Waals surface area contributed by atoms with Crippen LogP contribution in [0.15, 0.2) is 27.4 Å². The van der Waals surface area contributed by atoms with Crippen LogP contribution < -0.4 is 11.5 Å². The Morgan fingerprint density at radius 2 is 2.26 bits per heavy atom. The first-order valence-electron chi connectivity index (χ1n) is 6.50. The molecule has 1 saturated heterocycles. The number of hydrogen-bond acceptors (Lipinski definition) is 4. The molecule has 2 N–H and O–H groups in total. The molecular weight excluding hydrogens is 244 g/mol. The Bertz CT molecular complexity index is 665. The number of aromatic nitrogens is 1. The molecule has 0 saturated carbocycles. The molecule has 0 bridgehead atoms. The zero-order valence-corrected chi connectivity index (χ0v) is 11.2. The maximum atomic E-state index is 11.5. The van der Waals surface area contributed by atoms with E-state index in [1.54, 1.807) is 7.05 Å². The van der Waals surface area contributed by atoms with Crippen molar-refractivity contribution in [2.45, 2.75) is 31.4 Å². The molecular formula is C14H18N2O3. The molecule has 2 heterocycles. The first-order valence-corrected chi connectivity index (χ1v) is 6.50. The van der Waals surface area contributed by atoms with Gasteiger partial charge < -0.3 is 14.9 Å². The highest BCUT2D eigenvalue weighted by atomic mass is 16.5. The molecule has 1 fully saturated rings. The molecule has 1 aromatic heterocycles. The molecule has 1 aromatic carbocycles. The van der Waals surface area contributed by atoms with Crippen molar-refractivity contribution >= 4 is 11.1 Å². The highest BCUT2D eigenvalue weighted by molar-refractivity contribution is 5.73. The number of fused-ring (bicyclic) bond motifs is 1. The van der Waals surface area contributed by atoms with Crippen molar-refractivity contribution < 1.29 is 9.15 Å². The average Bonchev–Trinajstić information content (AvgIpc) is 2.95. The van der Waals surface area contributed by atoms with Crippen molar-refractivity contribution in [2.75, 3.05) is 6.61 Å². The third-order valence-corrected chi connectivity index (χ3v) is 4.08. The fourth-order valence-corrected chi connectivity index (χ4v) is 2.74. The summed E-state index contributed by atoms with van der Waals surface area (Å²) >= 11 is 0. The summed E-state index contributed by atoms with van der Waals surface area (Å²) in [7, 11) is 1.69. The molecule has 2 aromatic rings. The van der Waals surface area contributed by atoms with Crippen molar-refractivity contribution in [1.29, 1.82) is 0 Å². The lowest BCUT2D eigenvalue weighted by Gasteiger charge is -2.30. The molecule has 1 aliphatic heterocycles. The Morgan fingerprint density at radius 1 is 1.47 bits per heavy atom. The van der Waals surface area contributed by atoms with E-state index in [0.29, 0.717) is 5.58 Å². The Labute approximate surface area is 111 Å². The van der Waals surface area contributed by atoms with E-state index in [2.05, 4.69) is 0 Å². The van der Waals surface area contributed by atoms with Gasteiger partial charge in [0, 0.05) is 13.7 Å². The van der Waals surface area contributed by atoms with Crippen molar-refractivity contribution in [1.82, 2.24) is 4.57 Å². The molecule has 2 atom stereocenters. The van der Waals surface area contributed by atoms with Crippen molar-refractivity contribution in [3.63, 3.8) is 0 Å². The van der Waals surface area contributed by atoms with Crippen molar-refractivity contribution in [2.24, 2.45) is 12.8 Å². The number of nitrogens with zero attached hydrogens (tertiary/aromatic N) is 1. The van der Waals surface area contributed by atoms with Gasteiger partial charge in [0.25, 0.3) is 0 Å². The summed E-state index contributed by atoms with van der Waals surface area (Å²) in [5.74, 6) is -0.357. The van der Waals surface area contributed by atoms with E-state index in [1.807, 2.05) is 25.1 Å². The summed E-state index contributed by atoms with van der Waals surface area (Å²) < 4.78 is 12.5. The van der Waals surface area contributed by atoms with Gasteiger partial charge in [0.1, 0.15) is 0 Å². The van der Waals surface area contributed by atoms with Crippen LogP contribution in [-0.4, -0.2) is 16.8 Å². The summed E-state index contributed by atoms with van der Waals surface area (Å²) in [6.07, 6.45) is 1.98. The lowest BCUT2D eigenvalue weighted by molar-refractivity contribution is -0.00171. The molecule has 19 heavy (non-hydrogen) atoms. The lowest BCUT2D eigenvalue weighted by atomic mass is 9.88. The summed E-state index contributed by atoms with van der Waals surface area (Å²) in [5, 5.41) is 0. The van der Waals surface area contributed by atoms with E-state index in [9.17, 15) is 4.79 Å². The Balaban J connectivity index is 2.03. The Kier molecular flexibility index (Phi) is 2.76. The SMILES string of the molecule is Cn1c(=O)oc2cc(C(N)C3(C)CCCO3)ccc21. The highest BCUT2D eigenvalue weighted by Gasteiger charge is 2.37. The van der Waals surface area contributed by atoms with Gasteiger partial charge in [-0.2, -0.15) is 0 Å². The number of hydrogen-bond donors (Lipinski definition) is 1.